The molecule has 0 unspecified atom stereocenters. The molecule has 1 fully saturated rings. The van der Waals surface area contributed by atoms with Gasteiger partial charge in [0.15, 0.2) is 29.2 Å². The summed E-state index contributed by atoms with van der Waals surface area (Å²) in [5.74, 6) is -0.788. The van der Waals surface area contributed by atoms with E-state index in [9.17, 15) is 8.78 Å². The zero-order valence-electron chi connectivity index (χ0n) is 19.1. The van der Waals surface area contributed by atoms with E-state index < -0.39 is 11.6 Å². The van der Waals surface area contributed by atoms with Gasteiger partial charge in [-0.1, -0.05) is 12.1 Å². The molecule has 0 radical (unpaired) electrons. The van der Waals surface area contributed by atoms with Crippen molar-refractivity contribution < 1.29 is 23.7 Å². The Morgan fingerprint density at radius 1 is 1.20 bits per heavy atom. The van der Waals surface area contributed by atoms with Gasteiger partial charge in [-0.3, -0.25) is 9.98 Å². The lowest BCUT2D eigenvalue weighted by atomic mass is 10.1. The molecule has 7 nitrogen and oxygen atoms in total. The number of aromatic nitrogens is 2. The van der Waals surface area contributed by atoms with Crippen LogP contribution >= 0.6 is 0 Å². The molecule has 2 aromatic carbocycles. The molecule has 178 valence electrons. The van der Waals surface area contributed by atoms with Crippen LogP contribution in [0.25, 0.3) is 23.2 Å². The minimum atomic E-state index is -1.06. The number of methoxy groups -OCH3 is 1. The Labute approximate surface area is 200 Å². The molecule has 1 heterocycles. The number of nitrogens with one attached hydrogen (secondary N) is 1. The molecular weight excluding hydrogens is 452 g/mol. The predicted molar refractivity (Wildman–Crippen MR) is 129 cm³/mol. The molecule has 0 bridgehead atoms. The fourth-order valence-corrected chi connectivity index (χ4v) is 4.02. The van der Waals surface area contributed by atoms with Crippen LogP contribution in [0.1, 0.15) is 37.1 Å². The van der Waals surface area contributed by atoms with Crippen molar-refractivity contribution in [3.63, 3.8) is 0 Å². The van der Waals surface area contributed by atoms with Crippen LogP contribution in [-0.2, 0) is 0 Å². The van der Waals surface area contributed by atoms with Crippen LogP contribution in [-0.4, -0.2) is 34.3 Å². The average Bonchev–Trinajstić information content (AvgIpc) is 3.49. The minimum absolute atomic E-state index is 0.0985. The zero-order valence-corrected chi connectivity index (χ0v) is 19.1. The molecule has 1 aliphatic rings. The fraction of sp³-hybridized carbons (Fsp3) is 0.231. The lowest BCUT2D eigenvalue weighted by Crippen LogP contribution is -2.37. The van der Waals surface area contributed by atoms with Gasteiger partial charge in [0.05, 0.1) is 24.2 Å². The van der Waals surface area contributed by atoms with E-state index in [2.05, 4.69) is 4.98 Å². The van der Waals surface area contributed by atoms with Gasteiger partial charge >= 0.3 is 0 Å². The van der Waals surface area contributed by atoms with E-state index in [0.29, 0.717) is 11.5 Å². The first-order chi connectivity index (χ1) is 16.9. The Bertz CT molecular complexity index is 1390. The van der Waals surface area contributed by atoms with Crippen molar-refractivity contribution >= 4 is 34.7 Å². The Balaban J connectivity index is 1.78. The van der Waals surface area contributed by atoms with Crippen molar-refractivity contribution in [2.45, 2.75) is 31.8 Å². The zero-order chi connectivity index (χ0) is 24.9. The highest BCUT2D eigenvalue weighted by molar-refractivity contribution is 6.08. The van der Waals surface area contributed by atoms with Crippen molar-refractivity contribution in [3.05, 3.63) is 65.5 Å². The monoisotopic (exact) mass is 476 g/mol. The largest absolute Gasteiger partial charge is 0.493 e. The van der Waals surface area contributed by atoms with Crippen molar-refractivity contribution in [2.24, 2.45) is 0 Å². The first kappa shape index (κ1) is 23.8. The molecule has 0 spiro atoms. The Morgan fingerprint density at radius 3 is 2.66 bits per heavy atom. The number of nitrogens with two attached hydrogens (primary N) is 1. The van der Waals surface area contributed by atoms with Gasteiger partial charge in [-0.05, 0) is 50.0 Å². The van der Waals surface area contributed by atoms with Crippen LogP contribution in [0.5, 0.6) is 11.5 Å². The molecular formula is C26H24F2N5O2+. The highest BCUT2D eigenvalue weighted by Crippen LogP contribution is 2.36. The van der Waals surface area contributed by atoms with Gasteiger partial charge in [0.1, 0.15) is 11.7 Å². The van der Waals surface area contributed by atoms with Crippen LogP contribution in [0.15, 0.2) is 42.5 Å². The maximum absolute atomic E-state index is 14.0. The van der Waals surface area contributed by atoms with Crippen LogP contribution in [0.2, 0.25) is 0 Å². The quantitative estimate of drug-likeness (QED) is 0.398. The molecule has 0 atom stereocenters. The molecule has 0 amide bonds. The smallest absolute Gasteiger partial charge is 0.275 e. The second-order valence-corrected chi connectivity index (χ2v) is 8.08. The van der Waals surface area contributed by atoms with E-state index >= 15 is 0 Å². The topological polar surface area (TPSA) is 110 Å². The van der Waals surface area contributed by atoms with Crippen LogP contribution < -0.4 is 14.9 Å². The Hall–Kier alpha value is -4.32. The molecule has 1 aliphatic carbocycles. The van der Waals surface area contributed by atoms with Crippen molar-refractivity contribution in [1.29, 1.82) is 10.7 Å². The molecule has 1 saturated carbocycles. The third-order valence-electron chi connectivity index (χ3n) is 5.74. The summed E-state index contributed by atoms with van der Waals surface area (Å²) in [6.45, 7) is 0. The lowest BCUT2D eigenvalue weighted by molar-refractivity contribution is -0.109. The summed E-state index contributed by atoms with van der Waals surface area (Å²) in [4.78, 5) is 4.39. The van der Waals surface area contributed by atoms with E-state index in [4.69, 9.17) is 25.6 Å². The average molecular weight is 477 g/mol. The summed E-state index contributed by atoms with van der Waals surface area (Å²) in [6.07, 6.45) is 10.2. The number of nitrogens with zero attached hydrogens (tertiary/aromatic N) is 3. The van der Waals surface area contributed by atoms with Gasteiger partial charge in [-0.15, -0.1) is 0 Å². The number of halogens is 2. The fourth-order valence-electron chi connectivity index (χ4n) is 4.02. The van der Waals surface area contributed by atoms with Gasteiger partial charge in [-0.25, -0.2) is 19.2 Å². The molecule has 35 heavy (non-hydrogen) atoms. The second-order valence-electron chi connectivity index (χ2n) is 8.08. The molecule has 4 rings (SSSR count). The highest BCUT2D eigenvalue weighted by atomic mass is 19.2. The highest BCUT2D eigenvalue weighted by Gasteiger charge is 2.20. The summed E-state index contributed by atoms with van der Waals surface area (Å²) in [5, 5.41) is 22.9. The number of nitriles is 1. The third-order valence-corrected chi connectivity index (χ3v) is 5.74. The maximum atomic E-state index is 14.0. The van der Waals surface area contributed by atoms with Gasteiger partial charge < -0.3 is 9.47 Å². The summed E-state index contributed by atoms with van der Waals surface area (Å²) in [7, 11) is 1.57. The SMILES string of the molecule is COc1cccc(/C=C/c2nc3cc(F)c(F)cc3n2C(=N)/C=C\C(=[NH2+])C#N)c1OC1CCCC1. The number of allylic oxidation sites excluding steroid dienone is 2. The maximum Gasteiger partial charge on any atom is 0.275 e. The van der Waals surface area contributed by atoms with E-state index in [1.54, 1.807) is 25.3 Å². The molecule has 3 N–H and O–H groups in total. The molecule has 0 aliphatic heterocycles. The number of rotatable bonds is 7. The Kier molecular flexibility index (Phi) is 7.01. The number of ether oxygens (including phenoxy) is 2. The number of fused-ring (bicyclic) bond motifs is 1. The van der Waals surface area contributed by atoms with Gasteiger partial charge in [-0.2, -0.15) is 5.26 Å². The summed E-state index contributed by atoms with van der Waals surface area (Å²) in [6, 6.07) is 9.24. The van der Waals surface area contributed by atoms with E-state index in [-0.39, 0.29) is 34.5 Å². The number of hydrogen-bond donors (Lipinski definition) is 2. The van der Waals surface area contributed by atoms with E-state index in [1.807, 2.05) is 18.2 Å². The molecule has 1 aromatic heterocycles. The first-order valence-corrected chi connectivity index (χ1v) is 11.1. The van der Waals surface area contributed by atoms with E-state index in [1.165, 1.54) is 16.7 Å². The summed E-state index contributed by atoms with van der Waals surface area (Å²) >= 11 is 0. The van der Waals surface area contributed by atoms with Gasteiger partial charge in [0, 0.05) is 23.8 Å². The number of benzene rings is 2. The lowest BCUT2D eigenvalue weighted by Gasteiger charge is -2.18. The first-order valence-electron chi connectivity index (χ1n) is 11.1. The van der Waals surface area contributed by atoms with Gasteiger partial charge in [0.2, 0.25) is 0 Å². The molecule has 0 saturated heterocycles. The second kappa shape index (κ2) is 10.3. The summed E-state index contributed by atoms with van der Waals surface area (Å²) in [5.41, 5.74) is 1.00. The summed E-state index contributed by atoms with van der Waals surface area (Å²) < 4.78 is 41.0. The number of imidazole rings is 1. The van der Waals surface area contributed by atoms with Crippen LogP contribution in [0.4, 0.5) is 8.78 Å². The van der Waals surface area contributed by atoms with Crippen LogP contribution in [0.3, 0.4) is 0 Å². The third kappa shape index (κ3) is 5.11. The minimum Gasteiger partial charge on any atom is -0.493 e. The van der Waals surface area contributed by atoms with Gasteiger partial charge in [0.25, 0.3) is 5.71 Å². The predicted octanol–water partition coefficient (Wildman–Crippen LogP) is 3.92. The van der Waals surface area contributed by atoms with E-state index in [0.717, 1.165) is 43.4 Å². The molecule has 9 heteroatoms. The molecule has 3 aromatic rings. The number of para-hydroxylation sites is 1. The number of hydrogen-bond acceptors (Lipinski definition) is 5. The van der Waals surface area contributed by atoms with Crippen molar-refractivity contribution in [1.82, 2.24) is 9.55 Å². The van der Waals surface area contributed by atoms with Crippen molar-refractivity contribution in [2.75, 3.05) is 7.11 Å². The van der Waals surface area contributed by atoms with Crippen molar-refractivity contribution in [3.8, 4) is 17.6 Å². The van der Waals surface area contributed by atoms with Crippen LogP contribution in [0, 0.1) is 28.4 Å². The standard InChI is InChI=1S/C26H23F2N5O2/c1-34-23-8-4-5-16(26(23)35-18-6-2-3-7-18)9-12-25-32-21-13-19(27)20(28)14-22(21)33(25)24(31)11-10-17(30)15-29/h4-5,8-14,18,30-31H,2-3,6-7H2,1H3/p+1/b11-10-,12-9+,30-17?,31-24?. The Morgan fingerprint density at radius 2 is 1.94 bits per heavy atom. The normalized spacial score (nSPS) is 14.1.